The Kier molecular flexibility index (Phi) is 4.59. The van der Waals surface area contributed by atoms with Crippen LogP contribution in [0.1, 0.15) is 29.8 Å². The topological polar surface area (TPSA) is 76.1 Å². The minimum Gasteiger partial charge on any atom is -0.492 e. The number of carbonyl (C=O) groups excluding carboxylic acids is 1. The van der Waals surface area contributed by atoms with Crippen LogP contribution in [-0.4, -0.2) is 35.7 Å². The van der Waals surface area contributed by atoms with Gasteiger partial charge in [0.15, 0.2) is 5.60 Å². The van der Waals surface area contributed by atoms with Crippen molar-refractivity contribution < 1.29 is 24.2 Å². The summed E-state index contributed by atoms with van der Waals surface area (Å²) < 4.78 is 11.5. The number of rotatable bonds is 5. The number of ether oxygens (including phenoxy) is 2. The largest absolute Gasteiger partial charge is 0.492 e. The zero-order valence-corrected chi connectivity index (χ0v) is 15.0. The second-order valence-electron chi connectivity index (χ2n) is 6.72. The second-order valence-corrected chi connectivity index (χ2v) is 6.72. The van der Waals surface area contributed by atoms with Crippen LogP contribution >= 0.6 is 0 Å². The van der Waals surface area contributed by atoms with Crippen LogP contribution < -0.4 is 14.4 Å². The Morgan fingerprint density at radius 1 is 1.23 bits per heavy atom. The van der Waals surface area contributed by atoms with Crippen LogP contribution in [0.2, 0.25) is 0 Å². The van der Waals surface area contributed by atoms with E-state index in [0.29, 0.717) is 11.4 Å². The fourth-order valence-corrected chi connectivity index (χ4v) is 2.88. The summed E-state index contributed by atoms with van der Waals surface area (Å²) in [7, 11) is 0. The van der Waals surface area contributed by atoms with E-state index < -0.39 is 11.6 Å². The van der Waals surface area contributed by atoms with E-state index in [4.69, 9.17) is 9.47 Å². The van der Waals surface area contributed by atoms with Crippen LogP contribution in [0.4, 0.5) is 5.69 Å². The summed E-state index contributed by atoms with van der Waals surface area (Å²) in [6.07, 6.45) is 0. The minimum absolute atomic E-state index is 0.101. The lowest BCUT2D eigenvalue weighted by Crippen LogP contribution is -2.53. The molecule has 1 heterocycles. The highest BCUT2D eigenvalue weighted by molar-refractivity contribution is 6.03. The van der Waals surface area contributed by atoms with Gasteiger partial charge in [-0.25, -0.2) is 4.79 Å². The van der Waals surface area contributed by atoms with Crippen LogP contribution in [0.5, 0.6) is 11.5 Å². The molecule has 0 aliphatic carbocycles. The van der Waals surface area contributed by atoms with Gasteiger partial charge in [0, 0.05) is 0 Å². The molecule has 6 nitrogen and oxygen atoms in total. The first kappa shape index (κ1) is 17.8. The summed E-state index contributed by atoms with van der Waals surface area (Å²) in [5.41, 5.74) is 0.607. The molecular formula is C20H21NO5. The van der Waals surface area contributed by atoms with Crippen LogP contribution in [0.25, 0.3) is 0 Å². The van der Waals surface area contributed by atoms with E-state index in [2.05, 4.69) is 0 Å². The van der Waals surface area contributed by atoms with E-state index in [1.807, 2.05) is 31.2 Å². The molecule has 1 N–H and O–H groups in total. The van der Waals surface area contributed by atoms with Gasteiger partial charge in [-0.3, -0.25) is 4.79 Å². The molecule has 26 heavy (non-hydrogen) atoms. The Labute approximate surface area is 152 Å². The van der Waals surface area contributed by atoms with Crippen LogP contribution in [0.3, 0.4) is 0 Å². The number of aromatic carboxylic acids is 1. The maximum absolute atomic E-state index is 12.8. The number of aryl methyl sites for hydroxylation is 1. The Morgan fingerprint density at radius 3 is 2.69 bits per heavy atom. The number of benzene rings is 2. The molecule has 1 aliphatic rings. The summed E-state index contributed by atoms with van der Waals surface area (Å²) >= 11 is 0. The van der Waals surface area contributed by atoms with E-state index in [1.165, 1.54) is 17.0 Å². The number of hydrogen-bond donors (Lipinski definition) is 1. The first-order valence-corrected chi connectivity index (χ1v) is 8.36. The molecular weight excluding hydrogens is 334 g/mol. The first-order valence-electron chi connectivity index (χ1n) is 8.36. The normalized spacial score (nSPS) is 15.2. The maximum atomic E-state index is 12.8. The van der Waals surface area contributed by atoms with Crippen molar-refractivity contribution in [1.29, 1.82) is 0 Å². The van der Waals surface area contributed by atoms with Gasteiger partial charge in [0.25, 0.3) is 5.91 Å². The third-order valence-corrected chi connectivity index (χ3v) is 4.20. The smallest absolute Gasteiger partial charge is 0.335 e. The van der Waals surface area contributed by atoms with E-state index in [9.17, 15) is 14.7 Å². The summed E-state index contributed by atoms with van der Waals surface area (Å²) in [5.74, 6) is -0.0824. The molecule has 6 heteroatoms. The third-order valence-electron chi connectivity index (χ3n) is 4.20. The number of amides is 1. The van der Waals surface area contributed by atoms with Gasteiger partial charge in [0.05, 0.1) is 17.8 Å². The van der Waals surface area contributed by atoms with Crippen molar-refractivity contribution in [3.8, 4) is 11.5 Å². The molecule has 0 aromatic heterocycles. The van der Waals surface area contributed by atoms with Gasteiger partial charge in [-0.05, 0) is 56.7 Å². The van der Waals surface area contributed by atoms with E-state index in [-0.39, 0.29) is 24.6 Å². The fourth-order valence-electron chi connectivity index (χ4n) is 2.88. The lowest BCUT2D eigenvalue weighted by Gasteiger charge is -2.38. The average molecular weight is 355 g/mol. The summed E-state index contributed by atoms with van der Waals surface area (Å²) in [6.45, 7) is 5.93. The molecule has 0 saturated carbocycles. The van der Waals surface area contributed by atoms with Crippen molar-refractivity contribution in [2.75, 3.05) is 18.1 Å². The molecule has 0 radical (unpaired) electrons. The zero-order chi connectivity index (χ0) is 18.9. The third kappa shape index (κ3) is 3.49. The summed E-state index contributed by atoms with van der Waals surface area (Å²) in [4.78, 5) is 25.6. The zero-order valence-electron chi connectivity index (χ0n) is 15.0. The maximum Gasteiger partial charge on any atom is 0.335 e. The molecule has 1 aliphatic heterocycles. The van der Waals surface area contributed by atoms with Gasteiger partial charge in [0.1, 0.15) is 18.1 Å². The molecule has 2 aromatic rings. The Bertz CT molecular complexity index is 859. The molecule has 136 valence electrons. The number of fused-ring (bicyclic) bond motifs is 1. The fraction of sp³-hybridized carbons (Fsp3) is 0.300. The standard InChI is InChI=1S/C20H21NO5/c1-13-5-4-6-15(11-13)25-10-9-21-16-12-14(18(22)23)7-8-17(16)26-20(2,3)19(21)24/h4-8,11-12H,9-10H2,1-3H3,(H,22,23). The van der Waals surface area contributed by atoms with E-state index >= 15 is 0 Å². The van der Waals surface area contributed by atoms with Crippen molar-refractivity contribution in [2.45, 2.75) is 26.4 Å². The van der Waals surface area contributed by atoms with Gasteiger partial charge in [-0.15, -0.1) is 0 Å². The van der Waals surface area contributed by atoms with Gasteiger partial charge < -0.3 is 19.5 Å². The lowest BCUT2D eigenvalue weighted by atomic mass is 10.0. The Morgan fingerprint density at radius 2 is 2.00 bits per heavy atom. The number of carbonyl (C=O) groups is 2. The Balaban J connectivity index is 1.83. The SMILES string of the molecule is Cc1cccc(OCCN2C(=O)C(C)(C)Oc3ccc(C(=O)O)cc32)c1. The molecule has 0 spiro atoms. The van der Waals surface area contributed by atoms with Gasteiger partial charge in [-0.2, -0.15) is 0 Å². The van der Waals surface area contributed by atoms with Crippen molar-refractivity contribution in [1.82, 2.24) is 0 Å². The van der Waals surface area contributed by atoms with E-state index in [1.54, 1.807) is 19.9 Å². The number of anilines is 1. The number of carboxylic acid groups (broad SMARTS) is 1. The summed E-state index contributed by atoms with van der Waals surface area (Å²) in [6, 6.07) is 12.2. The average Bonchev–Trinajstić information content (AvgIpc) is 2.57. The second kappa shape index (κ2) is 6.71. The Hall–Kier alpha value is -3.02. The predicted molar refractivity (Wildman–Crippen MR) is 97.1 cm³/mol. The van der Waals surface area contributed by atoms with E-state index in [0.717, 1.165) is 11.3 Å². The predicted octanol–water partition coefficient (Wildman–Crippen LogP) is 3.28. The summed E-state index contributed by atoms with van der Waals surface area (Å²) in [5, 5.41) is 9.22. The van der Waals surface area contributed by atoms with Crippen LogP contribution in [-0.2, 0) is 4.79 Å². The van der Waals surface area contributed by atoms with Gasteiger partial charge >= 0.3 is 5.97 Å². The quantitative estimate of drug-likeness (QED) is 0.891. The first-order chi connectivity index (χ1) is 12.3. The molecule has 0 bridgehead atoms. The van der Waals surface area contributed by atoms with Crippen LogP contribution in [0.15, 0.2) is 42.5 Å². The molecule has 3 rings (SSSR count). The van der Waals surface area contributed by atoms with Crippen molar-refractivity contribution in [3.05, 3.63) is 53.6 Å². The van der Waals surface area contributed by atoms with Crippen molar-refractivity contribution >= 4 is 17.6 Å². The van der Waals surface area contributed by atoms with Gasteiger partial charge in [0.2, 0.25) is 0 Å². The van der Waals surface area contributed by atoms with Crippen LogP contribution in [0, 0.1) is 6.92 Å². The number of carboxylic acids is 1. The lowest BCUT2D eigenvalue weighted by molar-refractivity contribution is -0.132. The van der Waals surface area contributed by atoms with Crippen molar-refractivity contribution in [2.24, 2.45) is 0 Å². The number of nitrogens with zero attached hydrogens (tertiary/aromatic N) is 1. The minimum atomic E-state index is -1.05. The highest BCUT2D eigenvalue weighted by atomic mass is 16.5. The molecule has 0 fully saturated rings. The van der Waals surface area contributed by atoms with Crippen molar-refractivity contribution in [3.63, 3.8) is 0 Å². The molecule has 0 saturated heterocycles. The monoisotopic (exact) mass is 355 g/mol. The molecule has 1 amide bonds. The highest BCUT2D eigenvalue weighted by Gasteiger charge is 2.41. The van der Waals surface area contributed by atoms with Gasteiger partial charge in [-0.1, -0.05) is 12.1 Å². The number of hydrogen-bond acceptors (Lipinski definition) is 4. The molecule has 0 unspecified atom stereocenters. The highest BCUT2D eigenvalue weighted by Crippen LogP contribution is 2.38. The molecule has 0 atom stereocenters. The molecule has 2 aromatic carbocycles.